The fourth-order valence-electron chi connectivity index (χ4n) is 3.76. The highest BCUT2D eigenvalue weighted by Gasteiger charge is 2.42. The summed E-state index contributed by atoms with van der Waals surface area (Å²) in [5, 5.41) is 6.94. The van der Waals surface area contributed by atoms with Crippen molar-refractivity contribution < 1.29 is 13.9 Å². The second-order valence-corrected chi connectivity index (χ2v) is 7.69. The molecule has 2 atom stereocenters. The number of furan rings is 1. The Morgan fingerprint density at radius 1 is 1.18 bits per heavy atom. The molecule has 5 rings (SSSR count). The predicted molar refractivity (Wildman–Crippen MR) is 110 cm³/mol. The van der Waals surface area contributed by atoms with Crippen molar-refractivity contribution in [3.05, 3.63) is 82.2 Å². The fourth-order valence-corrected chi connectivity index (χ4v) is 4.14. The van der Waals surface area contributed by atoms with Crippen LogP contribution in [0, 0.1) is 0 Å². The number of hydrazone groups is 1. The Bertz CT molecular complexity index is 1010. The van der Waals surface area contributed by atoms with Gasteiger partial charge in [-0.2, -0.15) is 5.10 Å². The van der Waals surface area contributed by atoms with E-state index in [1.54, 1.807) is 6.26 Å². The summed E-state index contributed by atoms with van der Waals surface area (Å²) >= 11 is 3.58. The Balaban J connectivity index is 1.53. The number of rotatable bonds is 4. The van der Waals surface area contributed by atoms with E-state index in [1.165, 1.54) is 0 Å². The van der Waals surface area contributed by atoms with Crippen LogP contribution in [0.1, 0.15) is 42.5 Å². The van der Waals surface area contributed by atoms with Crippen LogP contribution in [0.5, 0.6) is 11.5 Å². The quantitative estimate of drug-likeness (QED) is 0.525. The van der Waals surface area contributed by atoms with Gasteiger partial charge in [0.15, 0.2) is 5.76 Å². The van der Waals surface area contributed by atoms with E-state index < -0.39 is 0 Å². The summed E-state index contributed by atoms with van der Waals surface area (Å²) in [6.45, 7) is 2.64. The molecule has 6 heteroatoms. The first-order valence-electron chi connectivity index (χ1n) is 9.31. The molecule has 0 fully saturated rings. The third kappa shape index (κ3) is 2.98. The number of nitrogens with zero attached hydrogens (tertiary/aromatic N) is 2. The van der Waals surface area contributed by atoms with Gasteiger partial charge in [-0.25, -0.2) is 5.01 Å². The van der Waals surface area contributed by atoms with Crippen LogP contribution in [0.4, 0.5) is 0 Å². The van der Waals surface area contributed by atoms with Crippen LogP contribution in [-0.2, 0) is 0 Å². The number of benzene rings is 2. The predicted octanol–water partition coefficient (Wildman–Crippen LogP) is 5.68. The highest BCUT2D eigenvalue weighted by Crippen LogP contribution is 2.48. The SMILES string of the molecule is CCOc1ccc(C2=NN3[C@@H](C2)c2cc(Br)ccc2O[C@H]3c2ccco2)cc1. The molecule has 2 aromatic carbocycles. The summed E-state index contributed by atoms with van der Waals surface area (Å²) in [6.07, 6.45) is 2.09. The summed E-state index contributed by atoms with van der Waals surface area (Å²) in [4.78, 5) is 0. The van der Waals surface area contributed by atoms with Crippen molar-refractivity contribution in [2.45, 2.75) is 25.6 Å². The molecule has 5 nitrogen and oxygen atoms in total. The standard InChI is InChI=1S/C22H19BrN2O3/c1-2-26-16-8-5-14(6-9-16)18-13-19-17-12-15(23)7-10-20(17)28-22(25(19)24-18)21-4-3-11-27-21/h3-12,19,22H,2,13H2,1H3/t19-,22-/m0/s1. The first-order valence-corrected chi connectivity index (χ1v) is 10.1. The topological polar surface area (TPSA) is 47.2 Å². The molecule has 2 aliphatic heterocycles. The van der Waals surface area contributed by atoms with Gasteiger partial charge in [0.05, 0.1) is 24.6 Å². The molecule has 3 heterocycles. The van der Waals surface area contributed by atoms with Gasteiger partial charge in [-0.15, -0.1) is 0 Å². The highest BCUT2D eigenvalue weighted by atomic mass is 79.9. The molecular formula is C22H19BrN2O3. The Morgan fingerprint density at radius 3 is 2.79 bits per heavy atom. The minimum Gasteiger partial charge on any atom is -0.494 e. The maximum Gasteiger partial charge on any atom is 0.246 e. The van der Waals surface area contributed by atoms with Crippen molar-refractivity contribution in [1.82, 2.24) is 5.01 Å². The minimum atomic E-state index is -0.381. The Morgan fingerprint density at radius 2 is 2.04 bits per heavy atom. The van der Waals surface area contributed by atoms with Crippen LogP contribution in [-0.4, -0.2) is 17.3 Å². The van der Waals surface area contributed by atoms with Crippen molar-refractivity contribution in [3.63, 3.8) is 0 Å². The van der Waals surface area contributed by atoms with E-state index in [0.29, 0.717) is 6.61 Å². The number of ether oxygens (including phenoxy) is 2. The molecule has 0 bridgehead atoms. The van der Waals surface area contributed by atoms with E-state index >= 15 is 0 Å². The molecule has 2 aliphatic rings. The maximum atomic E-state index is 6.26. The summed E-state index contributed by atoms with van der Waals surface area (Å²) in [7, 11) is 0. The normalized spacial score (nSPS) is 20.2. The van der Waals surface area contributed by atoms with Crippen LogP contribution in [0.2, 0.25) is 0 Å². The smallest absolute Gasteiger partial charge is 0.246 e. The van der Waals surface area contributed by atoms with Gasteiger partial charge in [0, 0.05) is 16.5 Å². The van der Waals surface area contributed by atoms with Crippen molar-refractivity contribution in [2.75, 3.05) is 6.61 Å². The third-order valence-corrected chi connectivity index (χ3v) is 5.53. The lowest BCUT2D eigenvalue weighted by molar-refractivity contribution is -0.0325. The monoisotopic (exact) mass is 438 g/mol. The second-order valence-electron chi connectivity index (χ2n) is 6.77. The van der Waals surface area contributed by atoms with Crippen molar-refractivity contribution in [2.24, 2.45) is 5.10 Å². The molecule has 142 valence electrons. The molecule has 0 amide bonds. The van der Waals surface area contributed by atoms with Crippen LogP contribution in [0.25, 0.3) is 0 Å². The molecule has 0 saturated heterocycles. The Hall–Kier alpha value is -2.73. The number of hydrogen-bond donors (Lipinski definition) is 0. The van der Waals surface area contributed by atoms with Crippen LogP contribution in [0.3, 0.4) is 0 Å². The Kier molecular flexibility index (Phi) is 4.36. The molecular weight excluding hydrogens is 420 g/mol. The molecule has 3 aromatic rings. The number of fused-ring (bicyclic) bond motifs is 3. The van der Waals surface area contributed by atoms with E-state index in [1.807, 2.05) is 48.3 Å². The molecule has 0 N–H and O–H groups in total. The molecule has 0 radical (unpaired) electrons. The van der Waals surface area contributed by atoms with Crippen molar-refractivity contribution in [1.29, 1.82) is 0 Å². The van der Waals surface area contributed by atoms with Gasteiger partial charge in [-0.1, -0.05) is 15.9 Å². The van der Waals surface area contributed by atoms with Gasteiger partial charge in [0.2, 0.25) is 6.23 Å². The van der Waals surface area contributed by atoms with Gasteiger partial charge < -0.3 is 13.9 Å². The van der Waals surface area contributed by atoms with E-state index in [-0.39, 0.29) is 12.3 Å². The molecule has 0 aliphatic carbocycles. The lowest BCUT2D eigenvalue weighted by atomic mass is 9.96. The largest absolute Gasteiger partial charge is 0.494 e. The van der Waals surface area contributed by atoms with Crippen molar-refractivity contribution in [3.8, 4) is 11.5 Å². The molecule has 0 spiro atoms. The zero-order valence-corrected chi connectivity index (χ0v) is 16.9. The summed E-state index contributed by atoms with van der Waals surface area (Å²) < 4.78 is 18.5. The summed E-state index contributed by atoms with van der Waals surface area (Å²) in [6, 6.07) is 18.1. The Labute approximate surface area is 171 Å². The maximum absolute atomic E-state index is 6.26. The van der Waals surface area contributed by atoms with Crippen LogP contribution >= 0.6 is 15.9 Å². The summed E-state index contributed by atoms with van der Waals surface area (Å²) in [5.74, 6) is 2.48. The first-order chi connectivity index (χ1) is 13.7. The van der Waals surface area contributed by atoms with Crippen molar-refractivity contribution >= 4 is 21.6 Å². The molecule has 0 unspecified atom stereocenters. The van der Waals surface area contributed by atoms with Crippen LogP contribution < -0.4 is 9.47 Å². The third-order valence-electron chi connectivity index (χ3n) is 5.04. The minimum absolute atomic E-state index is 0.0953. The molecule has 28 heavy (non-hydrogen) atoms. The average molecular weight is 439 g/mol. The van der Waals surface area contributed by atoms with E-state index in [9.17, 15) is 0 Å². The van der Waals surface area contributed by atoms with Gasteiger partial charge in [0.25, 0.3) is 0 Å². The lowest BCUT2D eigenvalue weighted by Gasteiger charge is -2.37. The number of halogens is 1. The second kappa shape index (κ2) is 7.02. The average Bonchev–Trinajstić information content (AvgIpc) is 3.39. The van der Waals surface area contributed by atoms with Gasteiger partial charge in [-0.05, 0) is 67.1 Å². The van der Waals surface area contributed by atoms with Gasteiger partial charge >= 0.3 is 0 Å². The fraction of sp³-hybridized carbons (Fsp3) is 0.227. The molecule has 1 aromatic heterocycles. The van der Waals surface area contributed by atoms with Gasteiger partial charge in [0.1, 0.15) is 11.5 Å². The van der Waals surface area contributed by atoms with Crippen LogP contribution in [0.15, 0.2) is 74.9 Å². The van der Waals surface area contributed by atoms with E-state index in [2.05, 4.69) is 34.1 Å². The van der Waals surface area contributed by atoms with E-state index in [4.69, 9.17) is 19.0 Å². The summed E-state index contributed by atoms with van der Waals surface area (Å²) in [5.41, 5.74) is 3.25. The lowest BCUT2D eigenvalue weighted by Crippen LogP contribution is -2.33. The number of hydrogen-bond acceptors (Lipinski definition) is 5. The van der Waals surface area contributed by atoms with E-state index in [0.717, 1.165) is 45.0 Å². The first kappa shape index (κ1) is 17.4. The zero-order valence-electron chi connectivity index (χ0n) is 15.3. The molecule has 0 saturated carbocycles. The van der Waals surface area contributed by atoms with Gasteiger partial charge in [-0.3, -0.25) is 0 Å². The zero-order chi connectivity index (χ0) is 19.1. The highest BCUT2D eigenvalue weighted by molar-refractivity contribution is 9.10.